The van der Waals surface area contributed by atoms with Crippen LogP contribution in [0.2, 0.25) is 0 Å². The van der Waals surface area contributed by atoms with Gasteiger partial charge in [-0.25, -0.2) is 4.39 Å². The Labute approximate surface area is 118 Å². The van der Waals surface area contributed by atoms with Crippen molar-refractivity contribution in [3.63, 3.8) is 0 Å². The maximum Gasteiger partial charge on any atom is 0.123 e. The fourth-order valence-electron chi connectivity index (χ4n) is 1.92. The molecule has 0 radical (unpaired) electrons. The molecule has 2 aromatic rings. The lowest BCUT2D eigenvalue weighted by Gasteiger charge is -2.10. The average Bonchev–Trinajstić information content (AvgIpc) is 2.49. The molecule has 3 nitrogen and oxygen atoms in total. The summed E-state index contributed by atoms with van der Waals surface area (Å²) >= 11 is 0. The van der Waals surface area contributed by atoms with Gasteiger partial charge in [0.05, 0.1) is 13.7 Å². The summed E-state index contributed by atoms with van der Waals surface area (Å²) in [5, 5.41) is 0. The lowest BCUT2D eigenvalue weighted by atomic mass is 10.1. The Kier molecular flexibility index (Phi) is 4.96. The monoisotopic (exact) mass is 275 g/mol. The van der Waals surface area contributed by atoms with Gasteiger partial charge in [-0.15, -0.1) is 0 Å². The van der Waals surface area contributed by atoms with Gasteiger partial charge in [-0.05, 0) is 35.9 Å². The first-order chi connectivity index (χ1) is 9.72. The maximum atomic E-state index is 13.1. The van der Waals surface area contributed by atoms with Gasteiger partial charge in [0.1, 0.15) is 17.3 Å². The smallest absolute Gasteiger partial charge is 0.123 e. The Morgan fingerprint density at radius 2 is 1.85 bits per heavy atom. The normalized spacial score (nSPS) is 10.3. The molecule has 2 rings (SSSR count). The number of ether oxygens (including phenoxy) is 2. The van der Waals surface area contributed by atoms with Crippen LogP contribution < -0.4 is 15.2 Å². The van der Waals surface area contributed by atoms with Crippen LogP contribution in [-0.4, -0.2) is 13.7 Å². The molecule has 0 heterocycles. The average molecular weight is 275 g/mol. The van der Waals surface area contributed by atoms with E-state index in [1.165, 1.54) is 12.1 Å². The molecule has 0 bridgehead atoms. The SMILES string of the molecule is COc1ccc(CCOc2ccc(F)cc2CN)cc1. The molecule has 0 atom stereocenters. The summed E-state index contributed by atoms with van der Waals surface area (Å²) < 4.78 is 23.8. The van der Waals surface area contributed by atoms with Crippen molar-refractivity contribution in [2.75, 3.05) is 13.7 Å². The lowest BCUT2D eigenvalue weighted by molar-refractivity contribution is 0.318. The van der Waals surface area contributed by atoms with Crippen LogP contribution >= 0.6 is 0 Å². The van der Waals surface area contributed by atoms with E-state index in [0.717, 1.165) is 17.7 Å². The molecule has 0 spiro atoms. The highest BCUT2D eigenvalue weighted by Gasteiger charge is 2.04. The molecule has 2 aromatic carbocycles. The fourth-order valence-corrected chi connectivity index (χ4v) is 1.92. The van der Waals surface area contributed by atoms with Crippen molar-refractivity contribution < 1.29 is 13.9 Å². The van der Waals surface area contributed by atoms with E-state index >= 15 is 0 Å². The predicted octanol–water partition coefficient (Wildman–Crippen LogP) is 2.91. The first kappa shape index (κ1) is 14.3. The largest absolute Gasteiger partial charge is 0.497 e. The van der Waals surface area contributed by atoms with Gasteiger partial charge in [0, 0.05) is 18.5 Å². The van der Waals surface area contributed by atoms with Crippen LogP contribution in [0.1, 0.15) is 11.1 Å². The Morgan fingerprint density at radius 1 is 1.10 bits per heavy atom. The van der Waals surface area contributed by atoms with Crippen molar-refractivity contribution in [2.24, 2.45) is 5.73 Å². The van der Waals surface area contributed by atoms with Crippen molar-refractivity contribution in [3.05, 3.63) is 59.4 Å². The van der Waals surface area contributed by atoms with Crippen LogP contribution in [0.15, 0.2) is 42.5 Å². The van der Waals surface area contributed by atoms with Gasteiger partial charge in [-0.3, -0.25) is 0 Å². The van der Waals surface area contributed by atoms with E-state index in [-0.39, 0.29) is 12.4 Å². The van der Waals surface area contributed by atoms with Gasteiger partial charge >= 0.3 is 0 Å². The van der Waals surface area contributed by atoms with Gasteiger partial charge in [0.15, 0.2) is 0 Å². The highest BCUT2D eigenvalue weighted by molar-refractivity contribution is 5.34. The van der Waals surface area contributed by atoms with Crippen LogP contribution in [0.4, 0.5) is 4.39 Å². The second-order valence-corrected chi connectivity index (χ2v) is 4.40. The molecule has 0 fully saturated rings. The third kappa shape index (κ3) is 3.71. The molecule has 106 valence electrons. The van der Waals surface area contributed by atoms with E-state index in [1.807, 2.05) is 24.3 Å². The first-order valence-corrected chi connectivity index (χ1v) is 6.47. The molecular formula is C16H18FNO2. The number of benzene rings is 2. The minimum absolute atomic E-state index is 0.260. The number of methoxy groups -OCH3 is 1. The fraction of sp³-hybridized carbons (Fsp3) is 0.250. The second-order valence-electron chi connectivity index (χ2n) is 4.40. The van der Waals surface area contributed by atoms with Crippen LogP contribution in [-0.2, 0) is 13.0 Å². The molecule has 0 aliphatic rings. The number of halogens is 1. The molecule has 0 amide bonds. The topological polar surface area (TPSA) is 44.5 Å². The molecule has 0 saturated carbocycles. The summed E-state index contributed by atoms with van der Waals surface area (Å²) in [6.07, 6.45) is 0.769. The first-order valence-electron chi connectivity index (χ1n) is 6.47. The zero-order chi connectivity index (χ0) is 14.4. The molecule has 2 N–H and O–H groups in total. The summed E-state index contributed by atoms with van der Waals surface area (Å²) in [7, 11) is 1.64. The van der Waals surface area contributed by atoms with Crippen molar-refractivity contribution in [3.8, 4) is 11.5 Å². The van der Waals surface area contributed by atoms with Crippen LogP contribution in [0.5, 0.6) is 11.5 Å². The maximum absolute atomic E-state index is 13.1. The van der Waals surface area contributed by atoms with Crippen LogP contribution in [0.25, 0.3) is 0 Å². The third-order valence-corrected chi connectivity index (χ3v) is 3.05. The quantitative estimate of drug-likeness (QED) is 0.881. The molecule has 4 heteroatoms. The Balaban J connectivity index is 1.92. The number of hydrogen-bond donors (Lipinski definition) is 1. The van der Waals surface area contributed by atoms with Crippen molar-refractivity contribution >= 4 is 0 Å². The predicted molar refractivity (Wildman–Crippen MR) is 76.5 cm³/mol. The summed E-state index contributed by atoms with van der Waals surface area (Å²) in [6, 6.07) is 12.2. The minimum Gasteiger partial charge on any atom is -0.497 e. The van der Waals surface area contributed by atoms with Gasteiger partial charge in [0.2, 0.25) is 0 Å². The summed E-state index contributed by atoms with van der Waals surface area (Å²) in [6.45, 7) is 0.778. The summed E-state index contributed by atoms with van der Waals surface area (Å²) in [5.74, 6) is 1.17. The van der Waals surface area contributed by atoms with E-state index in [4.69, 9.17) is 15.2 Å². The van der Waals surface area contributed by atoms with E-state index in [1.54, 1.807) is 13.2 Å². The molecule has 20 heavy (non-hydrogen) atoms. The van der Waals surface area contributed by atoms with Crippen LogP contribution in [0, 0.1) is 5.82 Å². The zero-order valence-electron chi connectivity index (χ0n) is 11.4. The lowest BCUT2D eigenvalue weighted by Crippen LogP contribution is -2.06. The van der Waals surface area contributed by atoms with Gasteiger partial charge in [-0.1, -0.05) is 12.1 Å². The van der Waals surface area contributed by atoms with E-state index in [9.17, 15) is 4.39 Å². The highest BCUT2D eigenvalue weighted by Crippen LogP contribution is 2.19. The summed E-state index contributed by atoms with van der Waals surface area (Å²) in [4.78, 5) is 0. The molecular weight excluding hydrogens is 257 g/mol. The van der Waals surface area contributed by atoms with Crippen molar-refractivity contribution in [1.29, 1.82) is 0 Å². The van der Waals surface area contributed by atoms with Gasteiger partial charge in [-0.2, -0.15) is 0 Å². The minimum atomic E-state index is -0.298. The Bertz CT molecular complexity index is 555. The Hall–Kier alpha value is -2.07. The van der Waals surface area contributed by atoms with Crippen molar-refractivity contribution in [2.45, 2.75) is 13.0 Å². The number of hydrogen-bond acceptors (Lipinski definition) is 3. The molecule has 0 aliphatic carbocycles. The van der Waals surface area contributed by atoms with E-state index < -0.39 is 0 Å². The summed E-state index contributed by atoms with van der Waals surface area (Å²) in [5.41, 5.74) is 7.41. The van der Waals surface area contributed by atoms with Gasteiger partial charge in [0.25, 0.3) is 0 Å². The second kappa shape index (κ2) is 6.91. The standard InChI is InChI=1S/C16H18FNO2/c1-19-15-5-2-12(3-6-15)8-9-20-16-7-4-14(17)10-13(16)11-18/h2-7,10H,8-9,11,18H2,1H3. The molecule has 0 aliphatic heterocycles. The van der Waals surface area contributed by atoms with Crippen molar-refractivity contribution in [1.82, 2.24) is 0 Å². The Morgan fingerprint density at radius 3 is 2.50 bits per heavy atom. The van der Waals surface area contributed by atoms with Gasteiger partial charge < -0.3 is 15.2 Å². The molecule has 0 saturated heterocycles. The van der Waals surface area contributed by atoms with E-state index in [2.05, 4.69) is 0 Å². The number of nitrogens with two attached hydrogens (primary N) is 1. The molecule has 0 unspecified atom stereocenters. The van der Waals surface area contributed by atoms with E-state index in [0.29, 0.717) is 17.9 Å². The molecule has 0 aromatic heterocycles. The third-order valence-electron chi connectivity index (χ3n) is 3.05. The highest BCUT2D eigenvalue weighted by atomic mass is 19.1. The van der Waals surface area contributed by atoms with Crippen LogP contribution in [0.3, 0.4) is 0 Å². The number of rotatable bonds is 6. The zero-order valence-corrected chi connectivity index (χ0v) is 11.4.